The summed E-state index contributed by atoms with van der Waals surface area (Å²) in [5, 5.41) is 1.03. The van der Waals surface area contributed by atoms with E-state index in [-0.39, 0.29) is 23.9 Å². The summed E-state index contributed by atoms with van der Waals surface area (Å²) in [5.41, 5.74) is 1.80. The highest BCUT2D eigenvalue weighted by molar-refractivity contribution is 5.80. The van der Waals surface area contributed by atoms with Crippen LogP contribution in [-0.4, -0.2) is 34.8 Å². The lowest BCUT2D eigenvalue weighted by Crippen LogP contribution is -2.42. The van der Waals surface area contributed by atoms with Crippen molar-refractivity contribution in [3.05, 3.63) is 42.1 Å². The van der Waals surface area contributed by atoms with Crippen LogP contribution in [0.25, 0.3) is 10.9 Å². The molecule has 1 saturated heterocycles. The number of para-hydroxylation sites is 1. The first-order valence-electron chi connectivity index (χ1n) is 8.91. The van der Waals surface area contributed by atoms with E-state index in [0.717, 1.165) is 35.9 Å². The van der Waals surface area contributed by atoms with Crippen molar-refractivity contribution >= 4 is 22.8 Å². The van der Waals surface area contributed by atoms with E-state index in [1.54, 1.807) is 11.1 Å². The van der Waals surface area contributed by atoms with Crippen LogP contribution in [0.15, 0.2) is 36.5 Å². The van der Waals surface area contributed by atoms with Gasteiger partial charge in [-0.25, -0.2) is 0 Å². The molecule has 1 fully saturated rings. The van der Waals surface area contributed by atoms with Crippen LogP contribution in [0.2, 0.25) is 0 Å². The number of fused-ring (bicyclic) bond motifs is 1. The van der Waals surface area contributed by atoms with Crippen LogP contribution in [-0.2, 0) is 14.3 Å². The number of piperidine rings is 1. The minimum atomic E-state index is -0.359. The van der Waals surface area contributed by atoms with Gasteiger partial charge in [-0.05, 0) is 31.9 Å². The van der Waals surface area contributed by atoms with Crippen molar-refractivity contribution < 1.29 is 14.3 Å². The summed E-state index contributed by atoms with van der Waals surface area (Å²) >= 11 is 0. The van der Waals surface area contributed by atoms with Crippen LogP contribution >= 0.6 is 0 Å². The molecule has 2 atom stereocenters. The molecule has 1 aromatic carbocycles. The molecule has 132 valence electrons. The Labute approximate surface area is 148 Å². The van der Waals surface area contributed by atoms with E-state index in [1.165, 1.54) is 0 Å². The van der Waals surface area contributed by atoms with Crippen molar-refractivity contribution in [3.8, 4) is 0 Å². The predicted molar refractivity (Wildman–Crippen MR) is 95.8 cm³/mol. The largest absolute Gasteiger partial charge is 0.457 e. The summed E-state index contributed by atoms with van der Waals surface area (Å²) in [5.74, 6) is -0.362. The minimum Gasteiger partial charge on any atom is -0.457 e. The van der Waals surface area contributed by atoms with E-state index >= 15 is 0 Å². The molecule has 2 aromatic rings. The van der Waals surface area contributed by atoms with E-state index in [2.05, 4.69) is 4.98 Å². The molecular weight excluding hydrogens is 316 g/mol. The minimum absolute atomic E-state index is 0.101. The molecule has 0 bridgehead atoms. The molecule has 1 aliphatic heterocycles. The Kier molecular flexibility index (Phi) is 5.31. The maximum atomic E-state index is 12.5. The van der Waals surface area contributed by atoms with Gasteiger partial charge in [0, 0.05) is 36.7 Å². The molecule has 1 aromatic heterocycles. The molecule has 0 saturated carbocycles. The van der Waals surface area contributed by atoms with Crippen LogP contribution in [0.4, 0.5) is 0 Å². The Morgan fingerprint density at radius 1 is 1.36 bits per heavy atom. The summed E-state index contributed by atoms with van der Waals surface area (Å²) in [4.78, 5) is 30.6. The highest BCUT2D eigenvalue weighted by Gasteiger charge is 2.30. The number of ether oxygens (including phenoxy) is 1. The number of rotatable bonds is 4. The average Bonchev–Trinajstić information content (AvgIpc) is 2.66. The second-order valence-corrected chi connectivity index (χ2v) is 6.57. The number of likely N-dealkylation sites (tertiary alicyclic amines) is 1. The molecule has 0 N–H and O–H groups in total. The molecule has 0 unspecified atom stereocenters. The van der Waals surface area contributed by atoms with Gasteiger partial charge < -0.3 is 9.64 Å². The van der Waals surface area contributed by atoms with Crippen molar-refractivity contribution in [2.24, 2.45) is 5.92 Å². The third kappa shape index (κ3) is 3.98. The summed E-state index contributed by atoms with van der Waals surface area (Å²) in [6, 6.07) is 9.87. The highest BCUT2D eigenvalue weighted by atomic mass is 16.5. The Hall–Kier alpha value is -2.43. The van der Waals surface area contributed by atoms with Gasteiger partial charge in [-0.3, -0.25) is 14.6 Å². The lowest BCUT2D eigenvalue weighted by Gasteiger charge is -2.32. The SMILES string of the molecule is CCC(=O)N1CCC[C@H](C(=O)O[C@H](C)c2cnc3ccccc3c2)C1. The van der Waals surface area contributed by atoms with Crippen molar-refractivity contribution in [1.29, 1.82) is 0 Å². The Balaban J connectivity index is 1.65. The molecule has 0 radical (unpaired) electrons. The van der Waals surface area contributed by atoms with Gasteiger partial charge in [-0.2, -0.15) is 0 Å². The van der Waals surface area contributed by atoms with Crippen LogP contribution in [0.3, 0.4) is 0 Å². The molecule has 5 nitrogen and oxygen atoms in total. The highest BCUT2D eigenvalue weighted by Crippen LogP contribution is 2.24. The zero-order chi connectivity index (χ0) is 17.8. The molecule has 25 heavy (non-hydrogen) atoms. The fraction of sp³-hybridized carbons (Fsp3) is 0.450. The van der Waals surface area contributed by atoms with Crippen LogP contribution < -0.4 is 0 Å². The Morgan fingerprint density at radius 3 is 2.96 bits per heavy atom. The van der Waals surface area contributed by atoms with Crippen molar-refractivity contribution in [2.45, 2.75) is 39.2 Å². The first-order valence-corrected chi connectivity index (χ1v) is 8.91. The van der Waals surface area contributed by atoms with Gasteiger partial charge in [-0.1, -0.05) is 25.1 Å². The summed E-state index contributed by atoms with van der Waals surface area (Å²) in [6.45, 7) is 4.91. The first-order chi connectivity index (χ1) is 12.1. The van der Waals surface area contributed by atoms with E-state index in [9.17, 15) is 9.59 Å². The van der Waals surface area contributed by atoms with Crippen molar-refractivity contribution in [1.82, 2.24) is 9.88 Å². The number of hydrogen-bond acceptors (Lipinski definition) is 4. The molecule has 1 amide bonds. The average molecular weight is 340 g/mol. The number of carbonyl (C=O) groups is 2. The Bertz CT molecular complexity index is 774. The van der Waals surface area contributed by atoms with Crippen LogP contribution in [0, 0.1) is 5.92 Å². The Morgan fingerprint density at radius 2 is 2.16 bits per heavy atom. The summed E-state index contributed by atoms with van der Waals surface area (Å²) in [7, 11) is 0. The molecule has 0 aliphatic carbocycles. The molecular formula is C20H24N2O3. The fourth-order valence-corrected chi connectivity index (χ4v) is 3.27. The number of aromatic nitrogens is 1. The summed E-state index contributed by atoms with van der Waals surface area (Å²) < 4.78 is 5.67. The zero-order valence-electron chi connectivity index (χ0n) is 14.8. The second kappa shape index (κ2) is 7.64. The second-order valence-electron chi connectivity index (χ2n) is 6.57. The van der Waals surface area contributed by atoms with Gasteiger partial charge in [0.1, 0.15) is 6.10 Å². The molecule has 0 spiro atoms. The lowest BCUT2D eigenvalue weighted by molar-refractivity contribution is -0.156. The van der Waals surface area contributed by atoms with Gasteiger partial charge in [-0.15, -0.1) is 0 Å². The van der Waals surface area contributed by atoms with E-state index in [1.807, 2.05) is 44.2 Å². The van der Waals surface area contributed by atoms with Crippen LogP contribution in [0.1, 0.15) is 44.8 Å². The monoisotopic (exact) mass is 340 g/mol. The standard InChI is InChI=1S/C20H24N2O3/c1-3-19(23)22-10-6-8-16(13-22)20(24)25-14(2)17-11-15-7-4-5-9-18(15)21-12-17/h4-5,7,9,11-12,14,16H,3,6,8,10,13H2,1-2H3/t14-,16+/m1/s1. The zero-order valence-corrected chi connectivity index (χ0v) is 14.8. The first kappa shape index (κ1) is 17.4. The normalized spacial score (nSPS) is 18.8. The van der Waals surface area contributed by atoms with Gasteiger partial charge in [0.05, 0.1) is 11.4 Å². The number of pyridine rings is 1. The van der Waals surface area contributed by atoms with E-state index in [0.29, 0.717) is 13.0 Å². The number of amides is 1. The molecule has 3 rings (SSSR count). The van der Waals surface area contributed by atoms with Gasteiger partial charge in [0.2, 0.25) is 5.91 Å². The molecule has 1 aliphatic rings. The number of carbonyl (C=O) groups excluding carboxylic acids is 2. The number of benzene rings is 1. The van der Waals surface area contributed by atoms with Gasteiger partial charge >= 0.3 is 5.97 Å². The van der Waals surface area contributed by atoms with E-state index < -0.39 is 0 Å². The number of hydrogen-bond donors (Lipinski definition) is 0. The van der Waals surface area contributed by atoms with Crippen molar-refractivity contribution in [3.63, 3.8) is 0 Å². The number of esters is 1. The molecule has 5 heteroatoms. The topological polar surface area (TPSA) is 59.5 Å². The van der Waals surface area contributed by atoms with Crippen molar-refractivity contribution in [2.75, 3.05) is 13.1 Å². The summed E-state index contributed by atoms with van der Waals surface area (Å²) in [6.07, 6.45) is 3.49. The third-order valence-electron chi connectivity index (χ3n) is 4.78. The quantitative estimate of drug-likeness (QED) is 0.800. The smallest absolute Gasteiger partial charge is 0.311 e. The van der Waals surface area contributed by atoms with Gasteiger partial charge in [0.15, 0.2) is 0 Å². The fourth-order valence-electron chi connectivity index (χ4n) is 3.27. The molecule has 2 heterocycles. The maximum Gasteiger partial charge on any atom is 0.311 e. The van der Waals surface area contributed by atoms with Gasteiger partial charge in [0.25, 0.3) is 0 Å². The van der Waals surface area contributed by atoms with Crippen LogP contribution in [0.5, 0.6) is 0 Å². The lowest BCUT2D eigenvalue weighted by atomic mass is 9.98. The third-order valence-corrected chi connectivity index (χ3v) is 4.78. The number of nitrogens with zero attached hydrogens (tertiary/aromatic N) is 2. The van der Waals surface area contributed by atoms with E-state index in [4.69, 9.17) is 4.74 Å². The predicted octanol–water partition coefficient (Wildman–Crippen LogP) is 3.49. The maximum absolute atomic E-state index is 12.5.